The lowest BCUT2D eigenvalue weighted by molar-refractivity contribution is 0.137. The van der Waals surface area contributed by atoms with Crippen LogP contribution in [0, 0.1) is 16.7 Å². The van der Waals surface area contributed by atoms with Crippen molar-refractivity contribution in [2.24, 2.45) is 21.7 Å². The van der Waals surface area contributed by atoms with Gasteiger partial charge in [-0.05, 0) is 60.3 Å². The molecule has 2 saturated carbocycles. The minimum atomic E-state index is -0.713. The van der Waals surface area contributed by atoms with Gasteiger partial charge in [-0.25, -0.2) is 9.36 Å². The summed E-state index contributed by atoms with van der Waals surface area (Å²) in [6, 6.07) is 6.51. The van der Waals surface area contributed by atoms with Gasteiger partial charge < -0.3 is 5.11 Å². The third-order valence-electron chi connectivity index (χ3n) is 7.34. The molecule has 1 aromatic carbocycles. The van der Waals surface area contributed by atoms with E-state index in [1.165, 1.54) is 12.6 Å². The van der Waals surface area contributed by atoms with E-state index in [4.69, 9.17) is 16.6 Å². The van der Waals surface area contributed by atoms with Gasteiger partial charge in [0.2, 0.25) is 5.88 Å². The second kappa shape index (κ2) is 6.34. The van der Waals surface area contributed by atoms with Crippen molar-refractivity contribution in [2.75, 3.05) is 0 Å². The van der Waals surface area contributed by atoms with Crippen LogP contribution in [0.4, 0.5) is 0 Å². The van der Waals surface area contributed by atoms with Crippen LogP contribution in [0.1, 0.15) is 45.6 Å². The topological polar surface area (TPSA) is 87.4 Å². The highest BCUT2D eigenvalue weighted by Crippen LogP contribution is 2.66. The normalized spacial score (nSPS) is 28.3. The second-order valence-electron chi connectivity index (χ2n) is 8.71. The Balaban J connectivity index is 1.74. The number of fused-ring (bicyclic) bond motifs is 2. The highest BCUT2D eigenvalue weighted by atomic mass is 35.5. The second-order valence-corrected chi connectivity index (χ2v) is 9.15. The molecule has 28 heavy (non-hydrogen) atoms. The first-order chi connectivity index (χ1) is 13.1. The van der Waals surface area contributed by atoms with Crippen LogP contribution < -0.4 is 11.2 Å². The van der Waals surface area contributed by atoms with E-state index < -0.39 is 17.1 Å². The number of halogens is 1. The fraction of sp³-hybridized carbons (Fsp3) is 0.476. The highest BCUT2D eigenvalue weighted by Gasteiger charge is 2.61. The van der Waals surface area contributed by atoms with Crippen molar-refractivity contribution in [1.82, 2.24) is 9.55 Å². The molecular weight excluding hydrogens is 378 g/mol. The van der Waals surface area contributed by atoms with Gasteiger partial charge in [0, 0.05) is 11.2 Å². The summed E-state index contributed by atoms with van der Waals surface area (Å²) in [5, 5.41) is 11.2. The molecule has 0 saturated heterocycles. The minimum Gasteiger partial charge on any atom is -0.493 e. The zero-order valence-electron chi connectivity index (χ0n) is 16.2. The number of aromatic hydroxyl groups is 1. The zero-order chi connectivity index (χ0) is 20.3. The smallest absolute Gasteiger partial charge is 0.335 e. The molecule has 2 fully saturated rings. The quantitative estimate of drug-likeness (QED) is 0.771. The average molecular weight is 402 g/mol. The van der Waals surface area contributed by atoms with Crippen LogP contribution in [0.5, 0.6) is 5.88 Å². The van der Waals surface area contributed by atoms with Gasteiger partial charge in [0.15, 0.2) is 0 Å². The number of aliphatic imine (C=N–C) groups is 1. The first-order valence-electron chi connectivity index (χ1n) is 9.52. The van der Waals surface area contributed by atoms with Crippen LogP contribution >= 0.6 is 11.6 Å². The molecule has 3 atom stereocenters. The number of H-pyrrole nitrogens is 1. The Bertz CT molecular complexity index is 1070. The van der Waals surface area contributed by atoms with Crippen LogP contribution in [0.2, 0.25) is 5.02 Å². The summed E-state index contributed by atoms with van der Waals surface area (Å²) < 4.78 is 1.05. The highest BCUT2D eigenvalue weighted by molar-refractivity contribution is 6.30. The molecule has 4 rings (SSSR count). The average Bonchev–Trinajstić information content (AvgIpc) is 2.96. The Morgan fingerprint density at radius 1 is 1.25 bits per heavy atom. The lowest BCUT2D eigenvalue weighted by Gasteiger charge is -2.37. The Morgan fingerprint density at radius 2 is 1.93 bits per heavy atom. The van der Waals surface area contributed by atoms with Gasteiger partial charge in [-0.3, -0.25) is 14.8 Å². The van der Waals surface area contributed by atoms with Crippen LogP contribution in [0.25, 0.3) is 5.69 Å². The zero-order valence-corrected chi connectivity index (χ0v) is 17.0. The third kappa shape index (κ3) is 2.65. The van der Waals surface area contributed by atoms with Crippen molar-refractivity contribution in [1.29, 1.82) is 0 Å². The molecule has 6 nitrogen and oxygen atoms in total. The van der Waals surface area contributed by atoms with E-state index >= 15 is 0 Å². The predicted molar refractivity (Wildman–Crippen MR) is 110 cm³/mol. The van der Waals surface area contributed by atoms with E-state index in [2.05, 4.69) is 25.8 Å². The molecule has 7 heteroatoms. The standard InChI is InChI=1S/C21H24ClN3O3/c1-20(2)12-8-9-21(20,3)16(10-12)23-11-15-17(26)24-19(28)25(18(15)27)14-6-4-13(22)5-7-14/h4-7,11-12,16,27H,8-10H2,1-3H3,(H,24,26,28)/t12-,16-,21-/m0/s1. The number of nitrogens with one attached hydrogen (secondary N) is 1. The summed E-state index contributed by atoms with van der Waals surface area (Å²) in [5.41, 5.74) is -0.698. The Hall–Kier alpha value is -2.34. The number of hydrogen-bond acceptors (Lipinski definition) is 4. The third-order valence-corrected chi connectivity index (χ3v) is 7.59. The van der Waals surface area contributed by atoms with E-state index in [1.807, 2.05) is 0 Å². The summed E-state index contributed by atoms with van der Waals surface area (Å²) in [7, 11) is 0. The number of nitrogens with zero attached hydrogens (tertiary/aromatic N) is 2. The summed E-state index contributed by atoms with van der Waals surface area (Å²) >= 11 is 5.90. The maximum Gasteiger partial charge on any atom is 0.335 e. The van der Waals surface area contributed by atoms with Gasteiger partial charge in [-0.2, -0.15) is 0 Å². The Labute approximate surface area is 167 Å². The summed E-state index contributed by atoms with van der Waals surface area (Å²) in [4.78, 5) is 31.6. The van der Waals surface area contributed by atoms with Crippen LogP contribution in [-0.4, -0.2) is 26.9 Å². The first-order valence-corrected chi connectivity index (χ1v) is 9.90. The Kier molecular flexibility index (Phi) is 4.30. The molecule has 0 amide bonds. The lowest BCUT2D eigenvalue weighted by Crippen LogP contribution is -2.35. The molecule has 1 aromatic heterocycles. The summed E-state index contributed by atoms with van der Waals surface area (Å²) in [5.74, 6) is 0.196. The fourth-order valence-electron chi connectivity index (χ4n) is 5.04. The SMILES string of the molecule is CC1(C)[C@H]2CC[C@@]1(C)[C@@H](N=Cc1c(O)n(-c3ccc(Cl)cc3)c(=O)[nH]c1=O)C2. The van der Waals surface area contributed by atoms with Crippen molar-refractivity contribution in [3.8, 4) is 11.6 Å². The molecule has 0 aliphatic heterocycles. The first kappa shape index (κ1) is 19.0. The largest absolute Gasteiger partial charge is 0.493 e. The van der Waals surface area contributed by atoms with Crippen LogP contribution in [-0.2, 0) is 0 Å². The predicted octanol–water partition coefficient (Wildman–Crippen LogP) is 3.52. The number of aromatic nitrogens is 2. The van der Waals surface area contributed by atoms with E-state index in [1.54, 1.807) is 24.3 Å². The van der Waals surface area contributed by atoms with Gasteiger partial charge in [-0.15, -0.1) is 0 Å². The van der Waals surface area contributed by atoms with Crippen molar-refractivity contribution < 1.29 is 5.11 Å². The van der Waals surface area contributed by atoms with E-state index in [0.717, 1.165) is 17.4 Å². The molecule has 0 radical (unpaired) electrons. The number of hydrogen-bond donors (Lipinski definition) is 2. The molecule has 2 aliphatic carbocycles. The van der Waals surface area contributed by atoms with Crippen molar-refractivity contribution in [3.63, 3.8) is 0 Å². The molecule has 2 aromatic rings. The maximum absolute atomic E-state index is 12.3. The maximum atomic E-state index is 12.3. The van der Waals surface area contributed by atoms with Crippen molar-refractivity contribution in [3.05, 3.63) is 55.7 Å². The van der Waals surface area contributed by atoms with E-state index in [9.17, 15) is 14.7 Å². The van der Waals surface area contributed by atoms with Gasteiger partial charge in [-0.1, -0.05) is 32.4 Å². The molecule has 0 unspecified atom stereocenters. The monoisotopic (exact) mass is 401 g/mol. The van der Waals surface area contributed by atoms with Gasteiger partial charge in [0.1, 0.15) is 5.56 Å². The Morgan fingerprint density at radius 3 is 2.50 bits per heavy atom. The lowest BCUT2D eigenvalue weighted by atomic mass is 9.69. The van der Waals surface area contributed by atoms with Crippen molar-refractivity contribution >= 4 is 17.8 Å². The molecule has 2 bridgehead atoms. The number of aromatic amines is 1. The van der Waals surface area contributed by atoms with Crippen LogP contribution in [0.3, 0.4) is 0 Å². The van der Waals surface area contributed by atoms with Crippen molar-refractivity contribution in [2.45, 2.75) is 46.1 Å². The number of benzene rings is 1. The van der Waals surface area contributed by atoms with Gasteiger partial charge in [0.25, 0.3) is 5.56 Å². The molecule has 2 aliphatic rings. The van der Waals surface area contributed by atoms with E-state index in [-0.39, 0.29) is 22.4 Å². The molecule has 1 heterocycles. The fourth-order valence-corrected chi connectivity index (χ4v) is 5.16. The van der Waals surface area contributed by atoms with E-state index in [0.29, 0.717) is 16.6 Å². The summed E-state index contributed by atoms with van der Waals surface area (Å²) in [6.07, 6.45) is 4.73. The molecule has 148 valence electrons. The molecule has 2 N–H and O–H groups in total. The molecular formula is C21H24ClN3O3. The minimum absolute atomic E-state index is 0.0151. The van der Waals surface area contributed by atoms with Gasteiger partial charge in [0.05, 0.1) is 11.7 Å². The number of rotatable bonds is 3. The molecule has 0 spiro atoms. The summed E-state index contributed by atoms with van der Waals surface area (Å²) in [6.45, 7) is 6.86. The van der Waals surface area contributed by atoms with Crippen LogP contribution in [0.15, 0.2) is 38.8 Å². The van der Waals surface area contributed by atoms with Gasteiger partial charge >= 0.3 is 5.69 Å².